The lowest BCUT2D eigenvalue weighted by Crippen LogP contribution is -2.43. The zero-order valence-corrected chi connectivity index (χ0v) is 4.69. The van der Waals surface area contributed by atoms with E-state index in [0.29, 0.717) is 0 Å². The summed E-state index contributed by atoms with van der Waals surface area (Å²) in [6.45, 7) is 0. The molecule has 0 atom stereocenters. The van der Waals surface area contributed by atoms with Crippen molar-refractivity contribution in [1.29, 1.82) is 0 Å². The quantitative estimate of drug-likeness (QED) is 0.464. The van der Waals surface area contributed by atoms with Gasteiger partial charge in [0.05, 0.1) is 0 Å². The summed E-state index contributed by atoms with van der Waals surface area (Å²) in [6.07, 6.45) is -3.01. The number of hydrogen-bond acceptors (Lipinski definition) is 1. The van der Waals surface area contributed by atoms with E-state index < -0.39 is 18.5 Å². The summed E-state index contributed by atoms with van der Waals surface area (Å²) in [5.41, 5.74) is -3.60. The summed E-state index contributed by atoms with van der Waals surface area (Å²) < 4.78 is 45.8. The first-order valence-electron chi connectivity index (χ1n) is 2.21. The third kappa shape index (κ3) is 1.39. The molecule has 0 aliphatic heterocycles. The third-order valence-corrected chi connectivity index (χ3v) is 0.897. The smallest absolute Gasteiger partial charge is 0.283 e. The van der Waals surface area contributed by atoms with Crippen LogP contribution in [0.5, 0.6) is 0 Å². The van der Waals surface area contributed by atoms with Crippen molar-refractivity contribution in [2.45, 2.75) is 18.5 Å². The molecular weight excluding hydrogens is 152 g/mol. The summed E-state index contributed by atoms with van der Waals surface area (Å²) in [6, 6.07) is 0. The molecular formula is C5H4F4O. The monoisotopic (exact) mass is 156 g/mol. The van der Waals surface area contributed by atoms with E-state index in [4.69, 9.17) is 5.11 Å². The van der Waals surface area contributed by atoms with Crippen LogP contribution in [-0.2, 0) is 0 Å². The van der Waals surface area contributed by atoms with E-state index in [2.05, 4.69) is 6.42 Å². The van der Waals surface area contributed by atoms with Gasteiger partial charge in [-0.25, -0.2) is 17.6 Å². The Morgan fingerprint density at radius 3 is 1.50 bits per heavy atom. The topological polar surface area (TPSA) is 20.2 Å². The van der Waals surface area contributed by atoms with Gasteiger partial charge in [0.1, 0.15) is 0 Å². The van der Waals surface area contributed by atoms with Crippen molar-refractivity contribution in [2.75, 3.05) is 0 Å². The lowest BCUT2D eigenvalue weighted by Gasteiger charge is -2.18. The minimum absolute atomic E-state index is 0.933. The van der Waals surface area contributed by atoms with Gasteiger partial charge in [0.15, 0.2) is 0 Å². The minimum Gasteiger partial charge on any atom is -0.368 e. The van der Waals surface area contributed by atoms with Gasteiger partial charge < -0.3 is 5.11 Å². The van der Waals surface area contributed by atoms with Crippen LogP contribution in [-0.4, -0.2) is 23.6 Å². The van der Waals surface area contributed by atoms with E-state index in [-0.39, 0.29) is 0 Å². The fourth-order valence-electron chi connectivity index (χ4n) is 0.221. The van der Waals surface area contributed by atoms with E-state index in [1.54, 1.807) is 0 Å². The molecule has 0 spiro atoms. The van der Waals surface area contributed by atoms with Crippen LogP contribution in [0.2, 0.25) is 0 Å². The van der Waals surface area contributed by atoms with Gasteiger partial charge in [0.2, 0.25) is 5.60 Å². The number of alkyl halides is 4. The van der Waals surface area contributed by atoms with Gasteiger partial charge in [0.25, 0.3) is 12.9 Å². The van der Waals surface area contributed by atoms with E-state index in [1.165, 1.54) is 0 Å². The Bertz CT molecular complexity index is 140. The fraction of sp³-hybridized carbons (Fsp3) is 0.600. The summed E-state index contributed by atoms with van der Waals surface area (Å²) in [5, 5.41) is 8.24. The largest absolute Gasteiger partial charge is 0.368 e. The van der Waals surface area contributed by atoms with Gasteiger partial charge in [-0.2, -0.15) is 0 Å². The molecule has 0 aromatic rings. The lowest BCUT2D eigenvalue weighted by molar-refractivity contribution is -0.138. The fourth-order valence-corrected chi connectivity index (χ4v) is 0.221. The highest BCUT2D eigenvalue weighted by Gasteiger charge is 2.45. The van der Waals surface area contributed by atoms with Crippen molar-refractivity contribution < 1.29 is 22.7 Å². The number of rotatable bonds is 2. The van der Waals surface area contributed by atoms with E-state index in [1.807, 2.05) is 0 Å². The van der Waals surface area contributed by atoms with Crippen molar-refractivity contribution in [1.82, 2.24) is 0 Å². The van der Waals surface area contributed by atoms with Crippen LogP contribution in [0.3, 0.4) is 0 Å². The van der Waals surface area contributed by atoms with Crippen molar-refractivity contribution in [3.63, 3.8) is 0 Å². The minimum atomic E-state index is -3.63. The maximum absolute atomic E-state index is 11.5. The molecule has 58 valence electrons. The molecule has 0 rings (SSSR count). The Morgan fingerprint density at radius 2 is 1.50 bits per heavy atom. The van der Waals surface area contributed by atoms with Crippen LogP contribution in [0.1, 0.15) is 0 Å². The van der Waals surface area contributed by atoms with Gasteiger partial charge in [-0.1, -0.05) is 5.92 Å². The first kappa shape index (κ1) is 9.24. The highest BCUT2D eigenvalue weighted by atomic mass is 19.3. The molecule has 0 fully saturated rings. The molecule has 0 saturated heterocycles. The molecule has 0 amide bonds. The van der Waals surface area contributed by atoms with Crippen LogP contribution < -0.4 is 0 Å². The maximum atomic E-state index is 11.5. The number of terminal acetylenes is 1. The molecule has 0 bridgehead atoms. The highest BCUT2D eigenvalue weighted by molar-refractivity contribution is 5.10. The Morgan fingerprint density at radius 1 is 1.20 bits per heavy atom. The first-order valence-corrected chi connectivity index (χ1v) is 2.21. The van der Waals surface area contributed by atoms with Crippen LogP contribution in [0.25, 0.3) is 0 Å². The predicted molar refractivity (Wildman–Crippen MR) is 25.8 cm³/mol. The summed E-state index contributed by atoms with van der Waals surface area (Å²) in [7, 11) is 0. The molecule has 0 aliphatic rings. The van der Waals surface area contributed by atoms with Gasteiger partial charge in [0, 0.05) is 0 Å². The zero-order valence-electron chi connectivity index (χ0n) is 4.69. The van der Waals surface area contributed by atoms with Gasteiger partial charge in [-0.3, -0.25) is 0 Å². The summed E-state index contributed by atoms with van der Waals surface area (Å²) in [5.74, 6) is 0.933. The molecule has 0 aliphatic carbocycles. The van der Waals surface area contributed by atoms with E-state index in [9.17, 15) is 17.6 Å². The first-order chi connectivity index (χ1) is 4.45. The van der Waals surface area contributed by atoms with Gasteiger partial charge in [-0.15, -0.1) is 6.42 Å². The van der Waals surface area contributed by atoms with Crippen molar-refractivity contribution in [3.05, 3.63) is 0 Å². The standard InChI is InChI=1S/C5H4F4O/c1-2-5(10,3(6)7)4(8)9/h1,3-4,10H. The van der Waals surface area contributed by atoms with Crippen LogP contribution in [0.15, 0.2) is 0 Å². The molecule has 0 aromatic heterocycles. The molecule has 0 saturated carbocycles. The molecule has 1 nitrogen and oxygen atoms in total. The second-order valence-electron chi connectivity index (χ2n) is 1.57. The van der Waals surface area contributed by atoms with E-state index in [0.717, 1.165) is 5.92 Å². The molecule has 0 unspecified atom stereocenters. The molecule has 0 radical (unpaired) electrons. The second-order valence-corrected chi connectivity index (χ2v) is 1.57. The molecule has 1 N–H and O–H groups in total. The van der Waals surface area contributed by atoms with Crippen LogP contribution in [0, 0.1) is 12.3 Å². The average molecular weight is 156 g/mol. The van der Waals surface area contributed by atoms with Crippen molar-refractivity contribution >= 4 is 0 Å². The summed E-state index contributed by atoms with van der Waals surface area (Å²) in [4.78, 5) is 0. The average Bonchev–Trinajstić information content (AvgIpc) is 1.85. The predicted octanol–water partition coefficient (Wildman–Crippen LogP) is 0.881. The maximum Gasteiger partial charge on any atom is 0.283 e. The highest BCUT2D eigenvalue weighted by Crippen LogP contribution is 2.22. The Hall–Kier alpha value is -0.760. The van der Waals surface area contributed by atoms with Gasteiger partial charge >= 0.3 is 0 Å². The normalized spacial score (nSPS) is 12.2. The number of halogens is 4. The van der Waals surface area contributed by atoms with Crippen molar-refractivity contribution in [2.24, 2.45) is 0 Å². The molecule has 5 heteroatoms. The van der Waals surface area contributed by atoms with Gasteiger partial charge in [-0.05, 0) is 0 Å². The Labute approximate surface area is 54.7 Å². The van der Waals surface area contributed by atoms with Crippen LogP contribution >= 0.6 is 0 Å². The summed E-state index contributed by atoms with van der Waals surface area (Å²) >= 11 is 0. The van der Waals surface area contributed by atoms with Crippen molar-refractivity contribution in [3.8, 4) is 12.3 Å². The number of aliphatic hydroxyl groups is 1. The third-order valence-electron chi connectivity index (χ3n) is 0.897. The second kappa shape index (κ2) is 2.88. The Kier molecular flexibility index (Phi) is 2.66. The van der Waals surface area contributed by atoms with Crippen LogP contribution in [0.4, 0.5) is 17.6 Å². The molecule has 10 heavy (non-hydrogen) atoms. The Balaban J connectivity index is 4.43. The zero-order chi connectivity index (χ0) is 8.36. The van der Waals surface area contributed by atoms with E-state index >= 15 is 0 Å². The molecule has 0 aromatic carbocycles. The SMILES string of the molecule is C#CC(O)(C(F)F)C(F)F. The molecule has 0 heterocycles. The number of hydrogen-bond donors (Lipinski definition) is 1. The lowest BCUT2D eigenvalue weighted by atomic mass is 10.1.